The molecule has 0 aromatic heterocycles. The van der Waals surface area contributed by atoms with Crippen molar-refractivity contribution in [2.45, 2.75) is 42.4 Å². The van der Waals surface area contributed by atoms with E-state index >= 15 is 0 Å². The van der Waals surface area contributed by atoms with Crippen LogP contribution in [0.3, 0.4) is 0 Å². The number of halogens is 4. The van der Waals surface area contributed by atoms with Crippen molar-refractivity contribution in [2.24, 2.45) is 0 Å². The molecular formula is C22H26F4N4O3S. The zero-order valence-electron chi connectivity index (χ0n) is 18.4. The van der Waals surface area contributed by atoms with Crippen LogP contribution in [0.25, 0.3) is 0 Å². The Kier molecular flexibility index (Phi) is 8.29. The minimum atomic E-state index is -4.53. The van der Waals surface area contributed by atoms with Crippen LogP contribution in [0.2, 0.25) is 0 Å². The fourth-order valence-corrected chi connectivity index (χ4v) is 4.86. The molecule has 1 fully saturated rings. The van der Waals surface area contributed by atoms with Crippen LogP contribution in [0, 0.1) is 5.82 Å². The maximum atomic E-state index is 13.1. The van der Waals surface area contributed by atoms with Crippen LogP contribution in [0.15, 0.2) is 53.4 Å². The van der Waals surface area contributed by atoms with E-state index in [-0.39, 0.29) is 34.9 Å². The summed E-state index contributed by atoms with van der Waals surface area (Å²) in [5.74, 6) is -1.24. The van der Waals surface area contributed by atoms with Gasteiger partial charge in [-0.1, -0.05) is 12.1 Å². The molecule has 0 aliphatic carbocycles. The summed E-state index contributed by atoms with van der Waals surface area (Å²) >= 11 is 0. The lowest BCUT2D eigenvalue weighted by Crippen LogP contribution is -2.33. The maximum Gasteiger partial charge on any atom is 0.405 e. The van der Waals surface area contributed by atoms with Gasteiger partial charge in [0.05, 0.1) is 4.90 Å². The molecule has 0 radical (unpaired) electrons. The maximum absolute atomic E-state index is 13.1. The monoisotopic (exact) mass is 502 g/mol. The van der Waals surface area contributed by atoms with Gasteiger partial charge in [-0.05, 0) is 61.2 Å². The highest BCUT2D eigenvalue weighted by molar-refractivity contribution is 7.89. The summed E-state index contributed by atoms with van der Waals surface area (Å²) in [4.78, 5) is 11.7. The highest BCUT2D eigenvalue weighted by atomic mass is 32.2. The van der Waals surface area contributed by atoms with Crippen LogP contribution in [0.4, 0.5) is 17.6 Å². The molecule has 0 spiro atoms. The number of benzene rings is 2. The molecule has 34 heavy (non-hydrogen) atoms. The summed E-state index contributed by atoms with van der Waals surface area (Å²) in [6.45, 7) is -1.21. The number of carbonyl (C=O) groups excluding carboxylic acids is 1. The smallest absolute Gasteiger partial charge is 0.343 e. The number of rotatable bonds is 9. The third-order valence-electron chi connectivity index (χ3n) is 5.55. The second-order valence-electron chi connectivity index (χ2n) is 8.12. The van der Waals surface area contributed by atoms with Gasteiger partial charge in [0.1, 0.15) is 12.4 Å². The van der Waals surface area contributed by atoms with Gasteiger partial charge in [0.25, 0.3) is 5.91 Å². The molecule has 3 rings (SSSR count). The minimum absolute atomic E-state index is 0.0407. The van der Waals surface area contributed by atoms with Gasteiger partial charge in [0.15, 0.2) is 0 Å². The number of nitrogens with zero attached hydrogens (tertiary/aromatic N) is 1. The standard InChI is InChI=1S/C22H26F4N4O3S/c1-30(12-2-3-18-13-20(29-28-18)15-4-8-17(23)9-5-15)34(32,33)19-10-6-16(7-11-19)21(31)27-14-22(24,25)26/h4-11,18,20,28-29H,2-3,12-14H2,1H3,(H,27,31). The van der Waals surface area contributed by atoms with Crippen LogP contribution in [0.1, 0.15) is 41.2 Å². The first-order valence-electron chi connectivity index (χ1n) is 10.6. The molecule has 7 nitrogen and oxygen atoms in total. The fraction of sp³-hybridized carbons (Fsp3) is 0.409. The molecule has 2 atom stereocenters. The average molecular weight is 503 g/mol. The van der Waals surface area contributed by atoms with Gasteiger partial charge in [-0.15, -0.1) is 0 Å². The first-order valence-corrected chi connectivity index (χ1v) is 12.1. The van der Waals surface area contributed by atoms with Crippen molar-refractivity contribution >= 4 is 15.9 Å². The molecule has 1 saturated heterocycles. The van der Waals surface area contributed by atoms with Gasteiger partial charge in [-0.2, -0.15) is 13.2 Å². The minimum Gasteiger partial charge on any atom is -0.343 e. The van der Waals surface area contributed by atoms with E-state index in [0.29, 0.717) is 12.8 Å². The van der Waals surface area contributed by atoms with Gasteiger partial charge >= 0.3 is 6.18 Å². The molecular weight excluding hydrogens is 476 g/mol. The van der Waals surface area contributed by atoms with E-state index < -0.39 is 28.7 Å². The number of amides is 1. The molecule has 1 heterocycles. The van der Waals surface area contributed by atoms with E-state index in [0.717, 1.165) is 12.0 Å². The first-order chi connectivity index (χ1) is 16.0. The van der Waals surface area contributed by atoms with E-state index in [9.17, 15) is 30.8 Å². The Bertz CT molecular complexity index is 1080. The quantitative estimate of drug-likeness (QED) is 0.459. The SMILES string of the molecule is CN(CCCC1CC(c2ccc(F)cc2)NN1)S(=O)(=O)c1ccc(C(=O)NCC(F)(F)F)cc1. The molecule has 2 aromatic rings. The van der Waals surface area contributed by atoms with Crippen LogP contribution < -0.4 is 16.2 Å². The average Bonchev–Trinajstić information content (AvgIpc) is 3.26. The van der Waals surface area contributed by atoms with Crippen molar-refractivity contribution < 1.29 is 30.8 Å². The highest BCUT2D eigenvalue weighted by Crippen LogP contribution is 2.25. The Hall–Kier alpha value is -2.54. The van der Waals surface area contributed by atoms with E-state index in [1.54, 1.807) is 17.4 Å². The highest BCUT2D eigenvalue weighted by Gasteiger charge is 2.28. The van der Waals surface area contributed by atoms with Crippen LogP contribution >= 0.6 is 0 Å². The number of carbonyl (C=O) groups is 1. The second kappa shape index (κ2) is 10.8. The van der Waals surface area contributed by atoms with Gasteiger partial charge in [-0.25, -0.2) is 17.1 Å². The largest absolute Gasteiger partial charge is 0.405 e. The van der Waals surface area contributed by atoms with E-state index in [2.05, 4.69) is 10.9 Å². The van der Waals surface area contributed by atoms with Crippen LogP contribution in [-0.2, 0) is 10.0 Å². The van der Waals surface area contributed by atoms with Crippen molar-refractivity contribution in [3.8, 4) is 0 Å². The molecule has 1 amide bonds. The number of alkyl halides is 3. The van der Waals surface area contributed by atoms with Crippen molar-refractivity contribution in [3.63, 3.8) is 0 Å². The van der Waals surface area contributed by atoms with Gasteiger partial charge in [0, 0.05) is 31.2 Å². The molecule has 2 unspecified atom stereocenters. The van der Waals surface area contributed by atoms with Crippen LogP contribution in [0.5, 0.6) is 0 Å². The normalized spacial score (nSPS) is 18.9. The van der Waals surface area contributed by atoms with Gasteiger partial charge < -0.3 is 5.32 Å². The predicted molar refractivity (Wildman–Crippen MR) is 118 cm³/mol. The predicted octanol–water partition coefficient (Wildman–Crippen LogP) is 3.13. The fourth-order valence-electron chi connectivity index (χ4n) is 3.65. The Morgan fingerprint density at radius 3 is 2.35 bits per heavy atom. The lowest BCUT2D eigenvalue weighted by Gasteiger charge is -2.18. The van der Waals surface area contributed by atoms with Crippen LogP contribution in [-0.4, -0.2) is 51.0 Å². The Balaban J connectivity index is 1.48. The van der Waals surface area contributed by atoms with Crippen molar-refractivity contribution in [1.82, 2.24) is 20.5 Å². The lowest BCUT2D eigenvalue weighted by atomic mass is 10.00. The Morgan fingerprint density at radius 1 is 1.09 bits per heavy atom. The molecule has 1 aliphatic rings. The van der Waals surface area contributed by atoms with Crippen molar-refractivity contribution in [1.29, 1.82) is 0 Å². The Labute approximate surface area is 195 Å². The number of sulfonamides is 1. The number of hydrogen-bond acceptors (Lipinski definition) is 5. The summed E-state index contributed by atoms with van der Waals surface area (Å²) < 4.78 is 76.5. The van der Waals surface area contributed by atoms with E-state index in [1.807, 2.05) is 0 Å². The molecule has 186 valence electrons. The topological polar surface area (TPSA) is 90.5 Å². The number of hydrazine groups is 1. The number of hydrogen-bond donors (Lipinski definition) is 3. The number of nitrogens with one attached hydrogen (secondary N) is 3. The third kappa shape index (κ3) is 6.98. The van der Waals surface area contributed by atoms with Crippen molar-refractivity contribution in [2.75, 3.05) is 20.1 Å². The molecule has 0 bridgehead atoms. The molecule has 2 aromatic carbocycles. The van der Waals surface area contributed by atoms with E-state index in [4.69, 9.17) is 0 Å². The van der Waals surface area contributed by atoms with Gasteiger partial charge in [-0.3, -0.25) is 15.6 Å². The molecule has 1 aliphatic heterocycles. The summed E-state index contributed by atoms with van der Waals surface area (Å²) in [5.41, 5.74) is 7.25. The Morgan fingerprint density at radius 2 is 1.74 bits per heavy atom. The summed E-state index contributed by atoms with van der Waals surface area (Å²) in [5, 5.41) is 1.74. The van der Waals surface area contributed by atoms with E-state index in [1.165, 1.54) is 47.8 Å². The molecule has 12 heteroatoms. The third-order valence-corrected chi connectivity index (χ3v) is 7.43. The first kappa shape index (κ1) is 26.1. The molecule has 3 N–H and O–H groups in total. The van der Waals surface area contributed by atoms with Gasteiger partial charge in [0.2, 0.25) is 10.0 Å². The summed E-state index contributed by atoms with van der Waals surface area (Å²) in [6, 6.07) is 11.2. The second-order valence-corrected chi connectivity index (χ2v) is 10.2. The lowest BCUT2D eigenvalue weighted by molar-refractivity contribution is -0.123. The summed E-state index contributed by atoms with van der Waals surface area (Å²) in [6.07, 6.45) is -2.46. The molecule has 0 saturated carbocycles. The summed E-state index contributed by atoms with van der Waals surface area (Å²) in [7, 11) is -2.38. The van der Waals surface area contributed by atoms with Crippen molar-refractivity contribution in [3.05, 3.63) is 65.5 Å². The zero-order valence-corrected chi connectivity index (χ0v) is 19.2. The zero-order chi connectivity index (χ0) is 24.9.